The van der Waals surface area contributed by atoms with Crippen molar-refractivity contribution in [2.24, 2.45) is 0 Å². The van der Waals surface area contributed by atoms with Crippen LogP contribution in [0.25, 0.3) is 0 Å². The summed E-state index contributed by atoms with van der Waals surface area (Å²) in [6.45, 7) is -0.0957. The second kappa shape index (κ2) is 6.47. The first-order chi connectivity index (χ1) is 9.69. The molecule has 2 aromatic carbocycles. The average molecular weight is 272 g/mol. The highest BCUT2D eigenvalue weighted by Crippen LogP contribution is 2.19. The summed E-state index contributed by atoms with van der Waals surface area (Å²) in [4.78, 5) is 11.8. The molecule has 0 saturated heterocycles. The molecule has 0 unspecified atom stereocenters. The molecule has 2 aromatic rings. The lowest BCUT2D eigenvalue weighted by molar-refractivity contribution is -0.118. The highest BCUT2D eigenvalue weighted by atomic mass is 16.5. The molecule has 0 heterocycles. The molecular weight excluding hydrogens is 256 g/mol. The van der Waals surface area contributed by atoms with Gasteiger partial charge in [-0.3, -0.25) is 4.79 Å². The minimum Gasteiger partial charge on any atom is -0.497 e. The van der Waals surface area contributed by atoms with Crippen LogP contribution in [-0.2, 0) is 4.79 Å². The van der Waals surface area contributed by atoms with Gasteiger partial charge in [0.25, 0.3) is 5.91 Å². The van der Waals surface area contributed by atoms with Crippen LogP contribution in [0.4, 0.5) is 11.4 Å². The van der Waals surface area contributed by atoms with Crippen molar-refractivity contribution < 1.29 is 14.3 Å². The van der Waals surface area contributed by atoms with Gasteiger partial charge in [-0.25, -0.2) is 0 Å². The molecule has 3 N–H and O–H groups in total. The number of rotatable bonds is 5. The minimum absolute atomic E-state index is 0.0957. The van der Waals surface area contributed by atoms with Gasteiger partial charge in [-0.05, 0) is 24.3 Å². The molecule has 5 nitrogen and oxygen atoms in total. The predicted octanol–water partition coefficient (Wildman–Crippen LogP) is 2.29. The molecule has 0 bridgehead atoms. The molecule has 0 atom stereocenters. The molecule has 0 radical (unpaired) electrons. The fourth-order valence-corrected chi connectivity index (χ4v) is 1.64. The Morgan fingerprint density at radius 3 is 2.65 bits per heavy atom. The Balaban J connectivity index is 1.90. The Morgan fingerprint density at radius 1 is 1.15 bits per heavy atom. The Morgan fingerprint density at radius 2 is 1.90 bits per heavy atom. The summed E-state index contributed by atoms with van der Waals surface area (Å²) in [7, 11) is 1.57. The largest absolute Gasteiger partial charge is 0.497 e. The molecule has 0 saturated carbocycles. The lowest BCUT2D eigenvalue weighted by atomic mass is 10.2. The lowest BCUT2D eigenvalue weighted by Gasteiger charge is -2.09. The van der Waals surface area contributed by atoms with E-state index >= 15 is 0 Å². The molecule has 20 heavy (non-hydrogen) atoms. The quantitative estimate of drug-likeness (QED) is 0.819. The van der Waals surface area contributed by atoms with Gasteiger partial charge in [-0.1, -0.05) is 18.2 Å². The zero-order valence-electron chi connectivity index (χ0n) is 11.1. The Bertz CT molecular complexity index is 599. The molecule has 1 amide bonds. The fraction of sp³-hybridized carbons (Fsp3) is 0.133. The number of benzene rings is 2. The standard InChI is InChI=1S/C15H16N2O3/c1-19-11-5-4-6-12(9-11)20-10-15(18)17-14-8-3-2-7-13(14)16/h2-9H,10,16H2,1H3,(H,17,18). The first-order valence-electron chi connectivity index (χ1n) is 6.10. The number of hydrogen-bond donors (Lipinski definition) is 2. The highest BCUT2D eigenvalue weighted by molar-refractivity contribution is 5.94. The number of methoxy groups -OCH3 is 1. The van der Waals surface area contributed by atoms with Crippen LogP contribution < -0.4 is 20.5 Å². The molecule has 0 fully saturated rings. The van der Waals surface area contributed by atoms with Gasteiger partial charge in [0, 0.05) is 6.07 Å². The van der Waals surface area contributed by atoms with Gasteiger partial charge in [0.1, 0.15) is 11.5 Å². The molecule has 5 heteroatoms. The van der Waals surface area contributed by atoms with Crippen LogP contribution in [0, 0.1) is 0 Å². The Labute approximate surface area is 117 Å². The number of carbonyl (C=O) groups excluding carboxylic acids is 1. The molecule has 0 spiro atoms. The lowest BCUT2D eigenvalue weighted by Crippen LogP contribution is -2.20. The fourth-order valence-electron chi connectivity index (χ4n) is 1.64. The number of ether oxygens (including phenoxy) is 2. The smallest absolute Gasteiger partial charge is 0.262 e. The van der Waals surface area contributed by atoms with Crippen molar-refractivity contribution in [2.45, 2.75) is 0 Å². The van der Waals surface area contributed by atoms with Gasteiger partial charge >= 0.3 is 0 Å². The second-order valence-electron chi connectivity index (χ2n) is 4.10. The number of carbonyl (C=O) groups is 1. The Hall–Kier alpha value is -2.69. The van der Waals surface area contributed by atoms with E-state index in [0.717, 1.165) is 0 Å². The van der Waals surface area contributed by atoms with Crippen LogP contribution in [0.3, 0.4) is 0 Å². The van der Waals surface area contributed by atoms with Gasteiger partial charge in [0.2, 0.25) is 0 Å². The first kappa shape index (κ1) is 13.7. The summed E-state index contributed by atoms with van der Waals surface area (Å²) < 4.78 is 10.5. The first-order valence-corrected chi connectivity index (χ1v) is 6.10. The van der Waals surface area contributed by atoms with Crippen LogP contribution in [0.15, 0.2) is 48.5 Å². The van der Waals surface area contributed by atoms with Crippen LogP contribution >= 0.6 is 0 Å². The summed E-state index contributed by atoms with van der Waals surface area (Å²) >= 11 is 0. The van der Waals surface area contributed by atoms with Crippen LogP contribution in [0.1, 0.15) is 0 Å². The Kier molecular flexibility index (Phi) is 4.44. The number of amides is 1. The molecule has 0 aliphatic rings. The van der Waals surface area contributed by atoms with E-state index in [0.29, 0.717) is 22.9 Å². The summed E-state index contributed by atoms with van der Waals surface area (Å²) in [5.41, 5.74) is 6.83. The highest BCUT2D eigenvalue weighted by Gasteiger charge is 2.06. The number of nitrogens with two attached hydrogens (primary N) is 1. The van der Waals surface area contributed by atoms with Crippen molar-refractivity contribution in [3.63, 3.8) is 0 Å². The maximum absolute atomic E-state index is 11.8. The van der Waals surface area contributed by atoms with E-state index in [-0.39, 0.29) is 12.5 Å². The zero-order chi connectivity index (χ0) is 14.4. The molecular formula is C15H16N2O3. The van der Waals surface area contributed by atoms with E-state index in [1.807, 2.05) is 0 Å². The van der Waals surface area contributed by atoms with Crippen LogP contribution in [0.5, 0.6) is 11.5 Å². The number of nitrogen functional groups attached to an aromatic ring is 1. The normalized spacial score (nSPS) is 9.85. The number of nitrogens with one attached hydrogen (secondary N) is 1. The van der Waals surface area contributed by atoms with E-state index in [9.17, 15) is 4.79 Å². The minimum atomic E-state index is -0.272. The van der Waals surface area contributed by atoms with Crippen molar-refractivity contribution in [3.05, 3.63) is 48.5 Å². The average Bonchev–Trinajstić information content (AvgIpc) is 2.48. The van der Waals surface area contributed by atoms with Crippen molar-refractivity contribution in [2.75, 3.05) is 24.8 Å². The zero-order valence-corrected chi connectivity index (χ0v) is 11.1. The monoisotopic (exact) mass is 272 g/mol. The maximum Gasteiger partial charge on any atom is 0.262 e. The van der Waals surface area contributed by atoms with Crippen molar-refractivity contribution in [1.29, 1.82) is 0 Å². The van der Waals surface area contributed by atoms with Gasteiger partial charge in [0.15, 0.2) is 6.61 Å². The number of para-hydroxylation sites is 2. The van der Waals surface area contributed by atoms with Crippen LogP contribution in [-0.4, -0.2) is 19.6 Å². The predicted molar refractivity (Wildman–Crippen MR) is 78.0 cm³/mol. The summed E-state index contributed by atoms with van der Waals surface area (Å²) in [6.07, 6.45) is 0. The molecule has 0 aliphatic carbocycles. The van der Waals surface area contributed by atoms with Gasteiger partial charge < -0.3 is 20.5 Å². The van der Waals surface area contributed by atoms with Crippen LogP contribution in [0.2, 0.25) is 0 Å². The van der Waals surface area contributed by atoms with E-state index < -0.39 is 0 Å². The molecule has 0 aliphatic heterocycles. The third-order valence-electron chi connectivity index (χ3n) is 2.65. The van der Waals surface area contributed by atoms with Crippen molar-refractivity contribution >= 4 is 17.3 Å². The third-order valence-corrected chi connectivity index (χ3v) is 2.65. The molecule has 0 aromatic heterocycles. The summed E-state index contributed by atoms with van der Waals surface area (Å²) in [5, 5.41) is 2.69. The number of anilines is 2. The van der Waals surface area contributed by atoms with Gasteiger partial charge in [-0.2, -0.15) is 0 Å². The summed E-state index contributed by atoms with van der Waals surface area (Å²) in [5.74, 6) is 0.974. The van der Waals surface area contributed by atoms with Gasteiger partial charge in [-0.15, -0.1) is 0 Å². The van der Waals surface area contributed by atoms with E-state index in [1.165, 1.54) is 0 Å². The summed E-state index contributed by atoms with van der Waals surface area (Å²) in [6, 6.07) is 14.1. The second-order valence-corrected chi connectivity index (χ2v) is 4.10. The molecule has 104 valence electrons. The van der Waals surface area contributed by atoms with Crippen molar-refractivity contribution in [1.82, 2.24) is 0 Å². The third kappa shape index (κ3) is 3.65. The van der Waals surface area contributed by atoms with E-state index in [2.05, 4.69) is 5.32 Å². The van der Waals surface area contributed by atoms with Crippen molar-refractivity contribution in [3.8, 4) is 11.5 Å². The molecule has 2 rings (SSSR count). The number of hydrogen-bond acceptors (Lipinski definition) is 4. The SMILES string of the molecule is COc1cccc(OCC(=O)Nc2ccccc2N)c1. The topological polar surface area (TPSA) is 73.6 Å². The maximum atomic E-state index is 11.8. The van der Waals surface area contributed by atoms with E-state index in [1.54, 1.807) is 55.6 Å². The van der Waals surface area contributed by atoms with Gasteiger partial charge in [0.05, 0.1) is 18.5 Å². The van der Waals surface area contributed by atoms with E-state index in [4.69, 9.17) is 15.2 Å².